The second kappa shape index (κ2) is 5.31. The number of hydrogen-bond acceptors (Lipinski definition) is 5. The van der Waals surface area contributed by atoms with E-state index in [2.05, 4.69) is 33.6 Å². The van der Waals surface area contributed by atoms with E-state index in [-0.39, 0.29) is 6.10 Å². The van der Waals surface area contributed by atoms with Gasteiger partial charge in [-0.05, 0) is 20.3 Å². The Labute approximate surface area is 102 Å². The topological polar surface area (TPSA) is 52.5 Å². The highest BCUT2D eigenvalue weighted by Gasteiger charge is 2.21. The molecule has 5 heteroatoms. The molecule has 2 rings (SSSR count). The minimum absolute atomic E-state index is 0.220. The normalized spacial score (nSPS) is 19.7. The van der Waals surface area contributed by atoms with Crippen molar-refractivity contribution in [3.05, 3.63) is 12.4 Å². The van der Waals surface area contributed by atoms with Gasteiger partial charge in [-0.15, -0.1) is 0 Å². The third kappa shape index (κ3) is 2.66. The molecule has 0 aromatic carbocycles. The maximum Gasteiger partial charge on any atom is 0.134 e. The van der Waals surface area contributed by atoms with Crippen LogP contribution in [0.5, 0.6) is 0 Å². The van der Waals surface area contributed by atoms with Gasteiger partial charge in [-0.1, -0.05) is 0 Å². The third-order valence-electron chi connectivity index (χ3n) is 3.21. The van der Waals surface area contributed by atoms with E-state index in [1.54, 1.807) is 6.33 Å². The van der Waals surface area contributed by atoms with Crippen LogP contribution in [0.2, 0.25) is 0 Å². The second-order valence-electron chi connectivity index (χ2n) is 4.30. The lowest BCUT2D eigenvalue weighted by atomic mass is 10.3. The number of anilines is 2. The SMILES string of the molecule is CCN(CC)c1cc(N2CC[C@@H](O)C2)ncn1. The fraction of sp³-hybridized carbons (Fsp3) is 0.667. The summed E-state index contributed by atoms with van der Waals surface area (Å²) in [6.45, 7) is 7.66. The van der Waals surface area contributed by atoms with Gasteiger partial charge in [0.1, 0.15) is 18.0 Å². The first-order chi connectivity index (χ1) is 8.24. The fourth-order valence-electron chi connectivity index (χ4n) is 2.18. The fourth-order valence-corrected chi connectivity index (χ4v) is 2.18. The number of hydrogen-bond donors (Lipinski definition) is 1. The highest BCUT2D eigenvalue weighted by atomic mass is 16.3. The average molecular weight is 236 g/mol. The maximum atomic E-state index is 9.54. The Kier molecular flexibility index (Phi) is 3.78. The van der Waals surface area contributed by atoms with Crippen molar-refractivity contribution in [1.29, 1.82) is 0 Å². The first kappa shape index (κ1) is 12.1. The smallest absolute Gasteiger partial charge is 0.134 e. The standard InChI is InChI=1S/C12H20N4O/c1-3-15(4-2)11-7-12(14-9-13-11)16-6-5-10(17)8-16/h7,9-10,17H,3-6,8H2,1-2H3/t10-/m1/s1. The average Bonchev–Trinajstić information content (AvgIpc) is 2.78. The first-order valence-electron chi connectivity index (χ1n) is 6.24. The Morgan fingerprint density at radius 2 is 2.18 bits per heavy atom. The minimum atomic E-state index is -0.220. The molecule has 0 radical (unpaired) electrons. The Hall–Kier alpha value is -1.36. The molecule has 0 saturated carbocycles. The van der Waals surface area contributed by atoms with E-state index in [1.165, 1.54) is 0 Å². The van der Waals surface area contributed by atoms with Gasteiger partial charge >= 0.3 is 0 Å². The van der Waals surface area contributed by atoms with E-state index in [4.69, 9.17) is 0 Å². The summed E-state index contributed by atoms with van der Waals surface area (Å²) in [5.74, 6) is 1.87. The Morgan fingerprint density at radius 1 is 1.41 bits per heavy atom. The van der Waals surface area contributed by atoms with Crippen LogP contribution in [0.4, 0.5) is 11.6 Å². The molecule has 1 aliphatic heterocycles. The number of rotatable bonds is 4. The Bertz CT molecular complexity index is 367. The van der Waals surface area contributed by atoms with Crippen molar-refractivity contribution in [3.63, 3.8) is 0 Å². The van der Waals surface area contributed by atoms with Gasteiger partial charge in [-0.25, -0.2) is 9.97 Å². The quantitative estimate of drug-likeness (QED) is 0.841. The van der Waals surface area contributed by atoms with Gasteiger partial charge in [0, 0.05) is 32.2 Å². The summed E-state index contributed by atoms with van der Waals surface area (Å²) in [5.41, 5.74) is 0. The Morgan fingerprint density at radius 3 is 2.76 bits per heavy atom. The van der Waals surface area contributed by atoms with Crippen LogP contribution in [0.3, 0.4) is 0 Å². The summed E-state index contributed by atoms with van der Waals surface area (Å²) < 4.78 is 0. The monoisotopic (exact) mass is 236 g/mol. The number of nitrogens with zero attached hydrogens (tertiary/aromatic N) is 4. The van der Waals surface area contributed by atoms with Gasteiger partial charge in [0.15, 0.2) is 0 Å². The van der Waals surface area contributed by atoms with Crippen molar-refractivity contribution in [2.24, 2.45) is 0 Å². The summed E-state index contributed by atoms with van der Waals surface area (Å²) in [4.78, 5) is 12.9. The van der Waals surface area contributed by atoms with E-state index in [0.717, 1.165) is 37.7 Å². The van der Waals surface area contributed by atoms with Gasteiger partial charge in [-0.2, -0.15) is 0 Å². The molecule has 1 aromatic heterocycles. The van der Waals surface area contributed by atoms with Gasteiger partial charge < -0.3 is 14.9 Å². The molecule has 0 bridgehead atoms. The van der Waals surface area contributed by atoms with Crippen molar-refractivity contribution in [3.8, 4) is 0 Å². The largest absolute Gasteiger partial charge is 0.391 e. The molecule has 1 atom stereocenters. The zero-order valence-electron chi connectivity index (χ0n) is 10.5. The molecule has 94 valence electrons. The highest BCUT2D eigenvalue weighted by molar-refractivity contribution is 5.50. The van der Waals surface area contributed by atoms with E-state index in [0.29, 0.717) is 6.54 Å². The van der Waals surface area contributed by atoms with Crippen LogP contribution in [0.1, 0.15) is 20.3 Å². The molecule has 2 heterocycles. The van der Waals surface area contributed by atoms with Gasteiger partial charge in [0.05, 0.1) is 6.10 Å². The predicted octanol–water partition coefficient (Wildman–Crippen LogP) is 0.894. The molecule has 0 amide bonds. The van der Waals surface area contributed by atoms with Crippen molar-refractivity contribution in [2.75, 3.05) is 36.0 Å². The van der Waals surface area contributed by atoms with Crippen LogP contribution in [-0.4, -0.2) is 47.4 Å². The van der Waals surface area contributed by atoms with Crippen LogP contribution in [0.15, 0.2) is 12.4 Å². The van der Waals surface area contributed by atoms with Crippen LogP contribution < -0.4 is 9.80 Å². The molecule has 1 fully saturated rings. The Balaban J connectivity index is 2.16. The molecule has 1 aliphatic rings. The van der Waals surface area contributed by atoms with Crippen molar-refractivity contribution in [2.45, 2.75) is 26.4 Å². The summed E-state index contributed by atoms with van der Waals surface area (Å²) >= 11 is 0. The van der Waals surface area contributed by atoms with Crippen LogP contribution >= 0.6 is 0 Å². The van der Waals surface area contributed by atoms with E-state index >= 15 is 0 Å². The van der Waals surface area contributed by atoms with Crippen molar-refractivity contribution in [1.82, 2.24) is 9.97 Å². The van der Waals surface area contributed by atoms with Crippen LogP contribution in [-0.2, 0) is 0 Å². The molecule has 0 spiro atoms. The zero-order chi connectivity index (χ0) is 12.3. The maximum absolute atomic E-state index is 9.54. The minimum Gasteiger partial charge on any atom is -0.391 e. The molecule has 5 nitrogen and oxygen atoms in total. The molecular weight excluding hydrogens is 216 g/mol. The van der Waals surface area contributed by atoms with E-state index < -0.39 is 0 Å². The molecule has 17 heavy (non-hydrogen) atoms. The zero-order valence-corrected chi connectivity index (χ0v) is 10.5. The van der Waals surface area contributed by atoms with Crippen molar-refractivity contribution >= 4 is 11.6 Å². The van der Waals surface area contributed by atoms with Gasteiger partial charge in [0.25, 0.3) is 0 Å². The number of aliphatic hydroxyl groups is 1. The number of β-amino-alcohol motifs (C(OH)–C–C–N with tert-alkyl or cyclic N) is 1. The summed E-state index contributed by atoms with van der Waals surface area (Å²) in [6, 6.07) is 2.00. The predicted molar refractivity (Wildman–Crippen MR) is 68.4 cm³/mol. The van der Waals surface area contributed by atoms with E-state index in [1.807, 2.05) is 6.07 Å². The molecule has 0 aliphatic carbocycles. The van der Waals surface area contributed by atoms with Crippen molar-refractivity contribution < 1.29 is 5.11 Å². The molecule has 1 aromatic rings. The lowest BCUT2D eigenvalue weighted by Crippen LogP contribution is -2.25. The second-order valence-corrected chi connectivity index (χ2v) is 4.30. The van der Waals surface area contributed by atoms with E-state index in [9.17, 15) is 5.11 Å². The summed E-state index contributed by atoms with van der Waals surface area (Å²) in [5, 5.41) is 9.54. The third-order valence-corrected chi connectivity index (χ3v) is 3.21. The lowest BCUT2D eigenvalue weighted by Gasteiger charge is -2.22. The highest BCUT2D eigenvalue weighted by Crippen LogP contribution is 2.21. The summed E-state index contributed by atoms with van der Waals surface area (Å²) in [7, 11) is 0. The number of aliphatic hydroxyl groups excluding tert-OH is 1. The molecule has 1 N–H and O–H groups in total. The summed E-state index contributed by atoms with van der Waals surface area (Å²) in [6.07, 6.45) is 2.21. The van der Waals surface area contributed by atoms with Gasteiger partial charge in [0.2, 0.25) is 0 Å². The van der Waals surface area contributed by atoms with Gasteiger partial charge in [-0.3, -0.25) is 0 Å². The van der Waals surface area contributed by atoms with Crippen LogP contribution in [0.25, 0.3) is 0 Å². The van der Waals surface area contributed by atoms with Crippen LogP contribution in [0, 0.1) is 0 Å². The molecule has 0 unspecified atom stereocenters. The lowest BCUT2D eigenvalue weighted by molar-refractivity contribution is 0.198. The molecular formula is C12H20N4O. The number of aromatic nitrogens is 2. The molecule has 1 saturated heterocycles. The first-order valence-corrected chi connectivity index (χ1v) is 6.24.